The summed E-state index contributed by atoms with van der Waals surface area (Å²) in [5, 5.41) is 0.979. The molecule has 31 heavy (non-hydrogen) atoms. The van der Waals surface area contributed by atoms with E-state index < -0.39 is 18.8 Å². The fourth-order valence-electron chi connectivity index (χ4n) is 4.11. The van der Waals surface area contributed by atoms with E-state index >= 15 is 0 Å². The summed E-state index contributed by atoms with van der Waals surface area (Å²) in [4.78, 5) is 0.316. The summed E-state index contributed by atoms with van der Waals surface area (Å²) in [6.45, 7) is 15.8. The van der Waals surface area contributed by atoms with Crippen molar-refractivity contribution in [1.29, 1.82) is 0 Å². The molecule has 1 aliphatic rings. The Morgan fingerprint density at radius 3 is 2.00 bits per heavy atom. The van der Waals surface area contributed by atoms with Gasteiger partial charge in [0.2, 0.25) is 10.0 Å². The SMILES string of the molecule is C/C=C1\CN(S(=O)(=O)c2ccc(C)cc2)CC1C(=C(C)C)[Si](OCC)(OCC)OCC. The Morgan fingerprint density at radius 2 is 1.58 bits per heavy atom. The van der Waals surface area contributed by atoms with Crippen LogP contribution in [0.1, 0.15) is 47.1 Å². The van der Waals surface area contributed by atoms with Crippen molar-refractivity contribution in [3.05, 3.63) is 52.2 Å². The van der Waals surface area contributed by atoms with Crippen molar-refractivity contribution in [2.45, 2.75) is 53.4 Å². The zero-order valence-corrected chi connectivity index (χ0v) is 21.7. The number of nitrogens with zero attached hydrogens (tertiary/aromatic N) is 1. The quantitative estimate of drug-likeness (QED) is 0.375. The standard InChI is InChI=1S/C23H37NO5SSi/c1-8-20-16-24(30(25,26)21-14-12-19(7)13-15-21)17-22(20)23(18(5)6)31(27-9-2,28-10-3)29-11-4/h8,12-15,22H,9-11,16-17H2,1-7H3/b20-8+. The van der Waals surface area contributed by atoms with Crippen LogP contribution in [0.15, 0.2) is 51.6 Å². The third-order valence-corrected chi connectivity index (χ3v) is 10.8. The molecule has 1 aromatic carbocycles. The Bertz CT molecular complexity index is 887. The molecule has 0 radical (unpaired) electrons. The lowest BCUT2D eigenvalue weighted by Gasteiger charge is -2.34. The third kappa shape index (κ3) is 5.56. The molecule has 8 heteroatoms. The van der Waals surface area contributed by atoms with Crippen LogP contribution in [0.3, 0.4) is 0 Å². The molecule has 0 N–H and O–H groups in total. The maximum atomic E-state index is 13.4. The molecule has 1 saturated heterocycles. The topological polar surface area (TPSA) is 65.1 Å². The minimum absolute atomic E-state index is 0.133. The summed E-state index contributed by atoms with van der Waals surface area (Å²) in [6, 6.07) is 7.01. The van der Waals surface area contributed by atoms with Gasteiger partial charge in [0.1, 0.15) is 0 Å². The molecule has 1 unspecified atom stereocenters. The molecule has 0 spiro atoms. The number of aryl methyl sites for hydroxylation is 1. The molecule has 6 nitrogen and oxygen atoms in total. The average Bonchev–Trinajstić information content (AvgIpc) is 3.13. The first-order chi connectivity index (χ1) is 14.7. The lowest BCUT2D eigenvalue weighted by molar-refractivity contribution is 0.0781. The fourth-order valence-corrected chi connectivity index (χ4v) is 8.72. The predicted molar refractivity (Wildman–Crippen MR) is 126 cm³/mol. The van der Waals surface area contributed by atoms with Gasteiger partial charge in [-0.25, -0.2) is 8.42 Å². The van der Waals surface area contributed by atoms with Crippen LogP contribution in [0.5, 0.6) is 0 Å². The maximum Gasteiger partial charge on any atom is 0.533 e. The summed E-state index contributed by atoms with van der Waals surface area (Å²) in [6.07, 6.45) is 2.02. The molecular formula is C23H37NO5SSi. The van der Waals surface area contributed by atoms with Gasteiger partial charge in [0.15, 0.2) is 0 Å². The largest absolute Gasteiger partial charge is 0.533 e. The van der Waals surface area contributed by atoms with Gasteiger partial charge in [-0.3, -0.25) is 0 Å². The average molecular weight is 468 g/mol. The number of hydrogen-bond acceptors (Lipinski definition) is 5. The Kier molecular flexibility index (Phi) is 9.23. The first-order valence-electron chi connectivity index (χ1n) is 11.0. The fraction of sp³-hybridized carbons (Fsp3) is 0.565. The predicted octanol–water partition coefficient (Wildman–Crippen LogP) is 4.49. The molecule has 1 fully saturated rings. The van der Waals surface area contributed by atoms with Crippen LogP contribution in [0, 0.1) is 12.8 Å². The van der Waals surface area contributed by atoms with Crippen LogP contribution < -0.4 is 0 Å². The molecule has 1 aromatic rings. The van der Waals surface area contributed by atoms with Gasteiger partial charge < -0.3 is 13.3 Å². The van der Waals surface area contributed by atoms with E-state index in [1.54, 1.807) is 16.4 Å². The van der Waals surface area contributed by atoms with E-state index in [9.17, 15) is 8.42 Å². The summed E-state index contributed by atoms with van der Waals surface area (Å²) >= 11 is 0. The van der Waals surface area contributed by atoms with Gasteiger partial charge in [-0.05, 0) is 60.6 Å². The number of allylic oxidation sites excluding steroid dienone is 2. The maximum absolute atomic E-state index is 13.4. The second-order valence-corrected chi connectivity index (χ2v) is 12.3. The van der Waals surface area contributed by atoms with Crippen molar-refractivity contribution in [1.82, 2.24) is 4.31 Å². The Balaban J connectivity index is 2.51. The highest BCUT2D eigenvalue weighted by atomic mass is 32.2. The Labute approximate surface area is 189 Å². The van der Waals surface area contributed by atoms with E-state index in [1.807, 2.05) is 66.7 Å². The Hall–Kier alpha value is -1.29. The lowest BCUT2D eigenvalue weighted by atomic mass is 10.00. The summed E-state index contributed by atoms with van der Waals surface area (Å²) in [5.74, 6) is -0.133. The normalized spacial score (nSPS) is 19.2. The highest BCUT2D eigenvalue weighted by Gasteiger charge is 2.52. The van der Waals surface area contributed by atoms with E-state index in [-0.39, 0.29) is 5.92 Å². The molecule has 2 rings (SSSR count). The second kappa shape index (κ2) is 11.0. The lowest BCUT2D eigenvalue weighted by Crippen LogP contribution is -2.51. The van der Waals surface area contributed by atoms with Gasteiger partial charge in [-0.2, -0.15) is 4.31 Å². The van der Waals surface area contributed by atoms with Gasteiger partial charge in [-0.1, -0.05) is 34.9 Å². The van der Waals surface area contributed by atoms with Crippen LogP contribution in [-0.4, -0.2) is 54.4 Å². The molecule has 1 aliphatic heterocycles. The molecular weight excluding hydrogens is 430 g/mol. The van der Waals surface area contributed by atoms with Crippen LogP contribution in [0.4, 0.5) is 0 Å². The van der Waals surface area contributed by atoms with Gasteiger partial charge in [0, 0.05) is 44.0 Å². The van der Waals surface area contributed by atoms with E-state index in [4.69, 9.17) is 13.3 Å². The molecule has 174 valence electrons. The third-order valence-electron chi connectivity index (χ3n) is 5.44. The van der Waals surface area contributed by atoms with Crippen molar-refractivity contribution in [3.8, 4) is 0 Å². The van der Waals surface area contributed by atoms with E-state index in [2.05, 4.69) is 0 Å². The Morgan fingerprint density at radius 1 is 1.06 bits per heavy atom. The van der Waals surface area contributed by atoms with Crippen molar-refractivity contribution >= 4 is 18.8 Å². The molecule has 0 aliphatic carbocycles. The summed E-state index contributed by atoms with van der Waals surface area (Å²) in [7, 11) is -6.78. The van der Waals surface area contributed by atoms with Crippen LogP contribution in [0.2, 0.25) is 0 Å². The summed E-state index contributed by atoms with van der Waals surface area (Å²) in [5.41, 5.74) is 3.13. The zero-order valence-electron chi connectivity index (χ0n) is 19.9. The van der Waals surface area contributed by atoms with Gasteiger partial charge in [0.05, 0.1) is 4.90 Å². The monoisotopic (exact) mass is 467 g/mol. The summed E-state index contributed by atoms with van der Waals surface area (Å²) < 4.78 is 46.9. The zero-order chi connectivity index (χ0) is 23.2. The first-order valence-corrected chi connectivity index (χ1v) is 14.1. The molecule has 0 saturated carbocycles. The number of sulfonamides is 1. The minimum Gasteiger partial charge on any atom is -0.370 e. The smallest absolute Gasteiger partial charge is 0.370 e. The van der Waals surface area contributed by atoms with Gasteiger partial charge in [0.25, 0.3) is 0 Å². The first kappa shape index (κ1) is 26.0. The second-order valence-electron chi connectivity index (χ2n) is 7.80. The number of benzene rings is 1. The van der Waals surface area contributed by atoms with E-state index in [1.165, 1.54) is 0 Å². The van der Waals surface area contributed by atoms with E-state index in [0.29, 0.717) is 37.8 Å². The molecule has 0 amide bonds. The van der Waals surface area contributed by atoms with Crippen LogP contribution in [0.25, 0.3) is 0 Å². The van der Waals surface area contributed by atoms with E-state index in [0.717, 1.165) is 21.9 Å². The highest BCUT2D eigenvalue weighted by Crippen LogP contribution is 2.39. The van der Waals surface area contributed by atoms with Crippen molar-refractivity contribution in [2.24, 2.45) is 5.92 Å². The molecule has 1 atom stereocenters. The van der Waals surface area contributed by atoms with Crippen LogP contribution in [-0.2, 0) is 23.3 Å². The molecule has 0 bridgehead atoms. The highest BCUT2D eigenvalue weighted by molar-refractivity contribution is 7.89. The van der Waals surface area contributed by atoms with Gasteiger partial charge >= 0.3 is 8.80 Å². The minimum atomic E-state index is -3.61. The number of hydrogen-bond donors (Lipinski definition) is 0. The van der Waals surface area contributed by atoms with Crippen molar-refractivity contribution in [2.75, 3.05) is 32.9 Å². The number of rotatable bonds is 10. The van der Waals surface area contributed by atoms with Gasteiger partial charge in [-0.15, -0.1) is 0 Å². The van der Waals surface area contributed by atoms with Crippen LogP contribution >= 0.6 is 0 Å². The van der Waals surface area contributed by atoms with Crippen molar-refractivity contribution in [3.63, 3.8) is 0 Å². The molecule has 1 heterocycles. The molecule has 0 aromatic heterocycles. The van der Waals surface area contributed by atoms with Crippen molar-refractivity contribution < 1.29 is 21.7 Å².